The number of piperidine rings is 1. The monoisotopic (exact) mass is 244 g/mol. The minimum absolute atomic E-state index is 0.125. The lowest BCUT2D eigenvalue weighted by molar-refractivity contribution is 0.167. The van der Waals surface area contributed by atoms with Gasteiger partial charge in [0.1, 0.15) is 0 Å². The van der Waals surface area contributed by atoms with E-state index in [1.807, 2.05) is 16.7 Å². The number of hydrogen-bond acceptors (Lipinski definition) is 2. The van der Waals surface area contributed by atoms with Crippen LogP contribution in [0.5, 0.6) is 0 Å². The first kappa shape index (κ1) is 13.7. The molecular weight excluding hydrogens is 220 g/mol. The highest BCUT2D eigenvalue weighted by molar-refractivity contribution is 7.98. The topological polar surface area (TPSA) is 32.3 Å². The minimum Gasteiger partial charge on any atom is -0.336 e. The van der Waals surface area contributed by atoms with Crippen molar-refractivity contribution in [2.75, 3.05) is 25.1 Å². The molecule has 94 valence electrons. The zero-order chi connectivity index (χ0) is 12.0. The number of amides is 2. The lowest BCUT2D eigenvalue weighted by Crippen LogP contribution is -2.47. The van der Waals surface area contributed by atoms with Crippen molar-refractivity contribution in [1.82, 2.24) is 10.2 Å². The van der Waals surface area contributed by atoms with Gasteiger partial charge in [0.25, 0.3) is 0 Å². The first-order valence-electron chi connectivity index (χ1n) is 6.18. The van der Waals surface area contributed by atoms with Gasteiger partial charge in [0.2, 0.25) is 0 Å². The van der Waals surface area contributed by atoms with Crippen molar-refractivity contribution >= 4 is 17.8 Å². The maximum atomic E-state index is 11.9. The number of nitrogens with zero attached hydrogens (tertiary/aromatic N) is 1. The van der Waals surface area contributed by atoms with Gasteiger partial charge in [-0.05, 0) is 44.1 Å². The van der Waals surface area contributed by atoms with Crippen LogP contribution in [0.3, 0.4) is 0 Å². The predicted octanol–water partition coefficient (Wildman–Crippen LogP) is 2.57. The van der Waals surface area contributed by atoms with Crippen LogP contribution in [0.1, 0.15) is 33.1 Å². The zero-order valence-electron chi connectivity index (χ0n) is 10.7. The van der Waals surface area contributed by atoms with E-state index in [0.717, 1.165) is 31.7 Å². The van der Waals surface area contributed by atoms with Gasteiger partial charge in [0.05, 0.1) is 0 Å². The molecule has 0 aromatic rings. The lowest BCUT2D eigenvalue weighted by atomic mass is 10.0. The van der Waals surface area contributed by atoms with E-state index in [4.69, 9.17) is 0 Å². The van der Waals surface area contributed by atoms with Crippen LogP contribution < -0.4 is 5.32 Å². The van der Waals surface area contributed by atoms with Gasteiger partial charge in [-0.2, -0.15) is 11.8 Å². The van der Waals surface area contributed by atoms with Crippen molar-refractivity contribution in [3.63, 3.8) is 0 Å². The maximum Gasteiger partial charge on any atom is 0.317 e. The number of carbonyl (C=O) groups excluding carboxylic acids is 1. The molecule has 1 aliphatic heterocycles. The molecule has 1 N–H and O–H groups in total. The van der Waals surface area contributed by atoms with Crippen LogP contribution in [0, 0.1) is 5.92 Å². The van der Waals surface area contributed by atoms with Crippen molar-refractivity contribution in [3.05, 3.63) is 0 Å². The van der Waals surface area contributed by atoms with Crippen LogP contribution in [-0.4, -0.2) is 42.1 Å². The summed E-state index contributed by atoms with van der Waals surface area (Å²) in [6, 6.07) is 0.414. The fraction of sp³-hybridized carbons (Fsp3) is 0.917. The van der Waals surface area contributed by atoms with Gasteiger partial charge in [-0.25, -0.2) is 4.79 Å². The molecule has 1 heterocycles. The number of nitrogens with one attached hydrogen (secondary N) is 1. The number of thioether (sulfide) groups is 1. The fourth-order valence-electron chi connectivity index (χ4n) is 2.04. The fourth-order valence-corrected chi connectivity index (χ4v) is 2.63. The SMILES string of the molecule is CSCCC(C)NC(=O)N1CCCC(C)C1. The highest BCUT2D eigenvalue weighted by Gasteiger charge is 2.21. The molecule has 0 bridgehead atoms. The van der Waals surface area contributed by atoms with E-state index < -0.39 is 0 Å². The Morgan fingerprint density at radius 2 is 2.38 bits per heavy atom. The Bertz CT molecular complexity index is 223. The summed E-state index contributed by atoms with van der Waals surface area (Å²) in [5.74, 6) is 1.76. The second kappa shape index (κ2) is 7.05. The van der Waals surface area contributed by atoms with E-state index in [-0.39, 0.29) is 12.1 Å². The average Bonchev–Trinajstić information content (AvgIpc) is 2.26. The lowest BCUT2D eigenvalue weighted by Gasteiger charge is -2.32. The van der Waals surface area contributed by atoms with Gasteiger partial charge in [0, 0.05) is 19.1 Å². The highest BCUT2D eigenvalue weighted by atomic mass is 32.2. The van der Waals surface area contributed by atoms with Gasteiger partial charge in [-0.15, -0.1) is 0 Å². The maximum absolute atomic E-state index is 11.9. The van der Waals surface area contributed by atoms with E-state index in [9.17, 15) is 4.79 Å². The molecule has 0 saturated carbocycles. The van der Waals surface area contributed by atoms with Crippen LogP contribution in [0.25, 0.3) is 0 Å². The molecule has 2 amide bonds. The second-order valence-electron chi connectivity index (χ2n) is 4.83. The van der Waals surface area contributed by atoms with Crippen molar-refractivity contribution in [3.8, 4) is 0 Å². The third-order valence-corrected chi connectivity index (χ3v) is 3.71. The molecule has 3 nitrogen and oxygen atoms in total. The van der Waals surface area contributed by atoms with Crippen molar-refractivity contribution in [1.29, 1.82) is 0 Å². The van der Waals surface area contributed by atoms with E-state index in [2.05, 4.69) is 25.4 Å². The second-order valence-corrected chi connectivity index (χ2v) is 5.81. The standard InChI is InChI=1S/C12H24N2OS/c1-10-5-4-7-14(9-10)12(15)13-11(2)6-8-16-3/h10-11H,4-9H2,1-3H3,(H,13,15). The van der Waals surface area contributed by atoms with Crippen LogP contribution in [-0.2, 0) is 0 Å². The molecular formula is C12H24N2OS. The van der Waals surface area contributed by atoms with Gasteiger partial charge < -0.3 is 10.2 Å². The first-order chi connectivity index (χ1) is 7.63. The van der Waals surface area contributed by atoms with Crippen LogP contribution in [0.15, 0.2) is 0 Å². The molecule has 4 heteroatoms. The number of carbonyl (C=O) groups is 1. The number of rotatable bonds is 4. The van der Waals surface area contributed by atoms with Crippen LogP contribution in [0.4, 0.5) is 4.79 Å². The summed E-state index contributed by atoms with van der Waals surface area (Å²) in [5, 5.41) is 3.08. The predicted molar refractivity (Wildman–Crippen MR) is 71.0 cm³/mol. The summed E-state index contributed by atoms with van der Waals surface area (Å²) in [6.07, 6.45) is 5.55. The first-order valence-corrected chi connectivity index (χ1v) is 7.57. The summed E-state index contributed by atoms with van der Waals surface area (Å²) < 4.78 is 0. The van der Waals surface area contributed by atoms with Crippen molar-refractivity contribution < 1.29 is 4.79 Å². The number of urea groups is 1. The summed E-state index contributed by atoms with van der Waals surface area (Å²) in [7, 11) is 0. The average molecular weight is 244 g/mol. The largest absolute Gasteiger partial charge is 0.336 e. The highest BCUT2D eigenvalue weighted by Crippen LogP contribution is 2.15. The summed E-state index contributed by atoms with van der Waals surface area (Å²) in [4.78, 5) is 13.9. The molecule has 0 aromatic carbocycles. The normalized spacial score (nSPS) is 22.9. The summed E-state index contributed by atoms with van der Waals surface area (Å²) in [6.45, 7) is 6.14. The molecule has 2 unspecified atom stereocenters. The van der Waals surface area contributed by atoms with E-state index in [1.165, 1.54) is 6.42 Å². The molecule has 0 aromatic heterocycles. The quantitative estimate of drug-likeness (QED) is 0.824. The Kier molecular flexibility index (Phi) is 6.03. The molecule has 16 heavy (non-hydrogen) atoms. The summed E-state index contributed by atoms with van der Waals surface area (Å²) >= 11 is 1.83. The molecule has 1 rings (SSSR count). The molecule has 1 aliphatic rings. The van der Waals surface area contributed by atoms with Gasteiger partial charge in [-0.3, -0.25) is 0 Å². The Hall–Kier alpha value is -0.380. The van der Waals surface area contributed by atoms with E-state index >= 15 is 0 Å². The number of hydrogen-bond donors (Lipinski definition) is 1. The number of likely N-dealkylation sites (tertiary alicyclic amines) is 1. The molecule has 0 aliphatic carbocycles. The minimum atomic E-state index is 0.125. The van der Waals surface area contributed by atoms with Crippen LogP contribution in [0.2, 0.25) is 0 Å². The molecule has 0 radical (unpaired) electrons. The third kappa shape index (κ3) is 4.64. The zero-order valence-corrected chi connectivity index (χ0v) is 11.5. The van der Waals surface area contributed by atoms with Gasteiger partial charge >= 0.3 is 6.03 Å². The van der Waals surface area contributed by atoms with Gasteiger partial charge in [0.15, 0.2) is 0 Å². The molecule has 2 atom stereocenters. The van der Waals surface area contributed by atoms with Crippen LogP contribution >= 0.6 is 11.8 Å². The molecule has 0 spiro atoms. The molecule has 1 fully saturated rings. The molecule has 1 saturated heterocycles. The Labute approximate surface area is 103 Å². The Morgan fingerprint density at radius 3 is 3.00 bits per heavy atom. The Morgan fingerprint density at radius 1 is 1.62 bits per heavy atom. The van der Waals surface area contributed by atoms with E-state index in [1.54, 1.807) is 0 Å². The van der Waals surface area contributed by atoms with Gasteiger partial charge in [-0.1, -0.05) is 6.92 Å². The summed E-state index contributed by atoms with van der Waals surface area (Å²) in [5.41, 5.74) is 0. The van der Waals surface area contributed by atoms with Crippen molar-refractivity contribution in [2.24, 2.45) is 5.92 Å². The van der Waals surface area contributed by atoms with E-state index in [0.29, 0.717) is 5.92 Å². The van der Waals surface area contributed by atoms with Crippen molar-refractivity contribution in [2.45, 2.75) is 39.2 Å². The smallest absolute Gasteiger partial charge is 0.317 e. The third-order valence-electron chi connectivity index (χ3n) is 3.07. The Balaban J connectivity index is 2.27.